The van der Waals surface area contributed by atoms with Crippen LogP contribution in [0.4, 0.5) is 0 Å². The van der Waals surface area contributed by atoms with Crippen molar-refractivity contribution in [1.82, 2.24) is 14.5 Å². The Morgan fingerprint density at radius 1 is 1.33 bits per heavy atom. The molecule has 1 aromatic heterocycles. The van der Waals surface area contributed by atoms with Gasteiger partial charge in [0.25, 0.3) is 0 Å². The van der Waals surface area contributed by atoms with Gasteiger partial charge < -0.3 is 9.84 Å². The number of esters is 1. The highest BCUT2D eigenvalue weighted by atomic mass is 32.2. The molecule has 0 saturated heterocycles. The summed E-state index contributed by atoms with van der Waals surface area (Å²) in [6.45, 7) is 0. The van der Waals surface area contributed by atoms with Gasteiger partial charge in [0.2, 0.25) is 10.0 Å². The molecule has 128 valence electrons. The summed E-state index contributed by atoms with van der Waals surface area (Å²) in [5.41, 5.74) is 2.82. The Morgan fingerprint density at radius 3 is 2.67 bits per heavy atom. The van der Waals surface area contributed by atoms with Gasteiger partial charge in [-0.1, -0.05) is 0 Å². The molecule has 0 unspecified atom stereocenters. The van der Waals surface area contributed by atoms with Gasteiger partial charge in [0, 0.05) is 25.2 Å². The van der Waals surface area contributed by atoms with Crippen molar-refractivity contribution in [2.24, 2.45) is 0 Å². The molecule has 24 heavy (non-hydrogen) atoms. The van der Waals surface area contributed by atoms with Crippen LogP contribution in [0.15, 0.2) is 17.0 Å². The number of carbonyl (C=O) groups is 1. The van der Waals surface area contributed by atoms with Gasteiger partial charge in [-0.25, -0.2) is 17.5 Å². The minimum Gasteiger partial charge on any atom is -0.507 e. The predicted molar refractivity (Wildman–Crippen MR) is 85.3 cm³/mol. The Morgan fingerprint density at radius 2 is 2.04 bits per heavy atom. The lowest BCUT2D eigenvalue weighted by Crippen LogP contribution is -2.22. The van der Waals surface area contributed by atoms with Gasteiger partial charge in [-0.3, -0.25) is 5.10 Å². The number of benzene rings is 1. The molecular formula is C15H17N3O5S. The van der Waals surface area contributed by atoms with Gasteiger partial charge in [-0.2, -0.15) is 5.10 Å². The Hall–Kier alpha value is -2.39. The number of sulfonamides is 1. The van der Waals surface area contributed by atoms with Crippen molar-refractivity contribution in [1.29, 1.82) is 0 Å². The molecule has 0 radical (unpaired) electrons. The summed E-state index contributed by atoms with van der Waals surface area (Å²) in [5.74, 6) is -0.818. The number of aromatic nitrogens is 2. The third-order valence-corrected chi connectivity index (χ3v) is 5.94. The van der Waals surface area contributed by atoms with Crippen molar-refractivity contribution in [3.63, 3.8) is 0 Å². The lowest BCUT2D eigenvalue weighted by Gasteiger charge is -2.19. The SMILES string of the molecule is COC(=O)c1[nH]nc2c1CCc1cc(O)c(S(=O)(=O)N(C)C)cc1-2. The third-order valence-electron chi connectivity index (χ3n) is 4.10. The first-order chi connectivity index (χ1) is 11.3. The van der Waals surface area contributed by atoms with Crippen molar-refractivity contribution in [2.45, 2.75) is 17.7 Å². The van der Waals surface area contributed by atoms with Crippen LogP contribution >= 0.6 is 0 Å². The monoisotopic (exact) mass is 351 g/mol. The first-order valence-electron chi connectivity index (χ1n) is 7.21. The highest BCUT2D eigenvalue weighted by molar-refractivity contribution is 7.89. The fraction of sp³-hybridized carbons (Fsp3) is 0.333. The maximum atomic E-state index is 12.4. The minimum atomic E-state index is -3.80. The maximum Gasteiger partial charge on any atom is 0.356 e. The average Bonchev–Trinajstić information content (AvgIpc) is 2.97. The van der Waals surface area contributed by atoms with Crippen LogP contribution in [0.1, 0.15) is 21.6 Å². The van der Waals surface area contributed by atoms with E-state index in [4.69, 9.17) is 4.74 Å². The van der Waals surface area contributed by atoms with Gasteiger partial charge >= 0.3 is 5.97 Å². The molecule has 0 amide bonds. The van der Waals surface area contributed by atoms with Gasteiger partial charge in [0.15, 0.2) is 0 Å². The quantitative estimate of drug-likeness (QED) is 0.795. The van der Waals surface area contributed by atoms with Crippen molar-refractivity contribution < 1.29 is 23.1 Å². The van der Waals surface area contributed by atoms with E-state index in [2.05, 4.69) is 10.2 Å². The van der Waals surface area contributed by atoms with Crippen LogP contribution in [-0.2, 0) is 27.6 Å². The highest BCUT2D eigenvalue weighted by Crippen LogP contribution is 2.39. The van der Waals surface area contributed by atoms with E-state index in [1.54, 1.807) is 0 Å². The summed E-state index contributed by atoms with van der Waals surface area (Å²) >= 11 is 0. The van der Waals surface area contributed by atoms with Crippen molar-refractivity contribution in [2.75, 3.05) is 21.2 Å². The molecule has 8 nitrogen and oxygen atoms in total. The first-order valence-corrected chi connectivity index (χ1v) is 8.65. The molecule has 0 fully saturated rings. The summed E-state index contributed by atoms with van der Waals surface area (Å²) in [5, 5.41) is 16.9. The van der Waals surface area contributed by atoms with E-state index in [0.29, 0.717) is 29.7 Å². The van der Waals surface area contributed by atoms with Crippen LogP contribution in [0.5, 0.6) is 5.75 Å². The molecule has 1 aliphatic carbocycles. The molecule has 1 heterocycles. The highest BCUT2D eigenvalue weighted by Gasteiger charge is 2.29. The second kappa shape index (κ2) is 5.60. The molecule has 0 bridgehead atoms. The molecule has 0 saturated carbocycles. The Labute approximate surface area is 139 Å². The van der Waals surface area contributed by atoms with Crippen LogP contribution in [0.25, 0.3) is 11.3 Å². The zero-order valence-corrected chi connectivity index (χ0v) is 14.3. The number of hydrogen-bond acceptors (Lipinski definition) is 6. The van der Waals surface area contributed by atoms with E-state index in [-0.39, 0.29) is 16.3 Å². The summed E-state index contributed by atoms with van der Waals surface area (Å²) < 4.78 is 30.5. The van der Waals surface area contributed by atoms with Crippen LogP contribution in [0, 0.1) is 0 Å². The van der Waals surface area contributed by atoms with Crippen molar-refractivity contribution in [3.8, 4) is 17.0 Å². The number of rotatable bonds is 3. The number of methoxy groups -OCH3 is 1. The number of aryl methyl sites for hydroxylation is 1. The zero-order valence-electron chi connectivity index (χ0n) is 13.5. The number of H-pyrrole nitrogens is 1. The number of nitrogens with zero attached hydrogens (tertiary/aromatic N) is 2. The van der Waals surface area contributed by atoms with Crippen LogP contribution in [0.3, 0.4) is 0 Å². The molecule has 1 aliphatic rings. The number of phenols is 1. The molecule has 2 aromatic rings. The normalized spacial score (nSPS) is 13.5. The smallest absolute Gasteiger partial charge is 0.356 e. The van der Waals surface area contributed by atoms with Gasteiger partial charge in [-0.15, -0.1) is 0 Å². The fourth-order valence-corrected chi connectivity index (χ4v) is 3.79. The average molecular weight is 351 g/mol. The third kappa shape index (κ3) is 2.36. The van der Waals surface area contributed by atoms with E-state index in [0.717, 1.165) is 9.87 Å². The molecule has 0 spiro atoms. The predicted octanol–water partition coefficient (Wildman–Crippen LogP) is 0.918. The number of aromatic hydroxyl groups is 1. The van der Waals surface area contributed by atoms with Crippen molar-refractivity contribution in [3.05, 3.63) is 29.0 Å². The second-order valence-electron chi connectivity index (χ2n) is 5.68. The van der Waals surface area contributed by atoms with E-state index in [9.17, 15) is 18.3 Å². The standard InChI is InChI=1S/C15H17N3O5S/c1-18(2)24(21,22)12-7-10-8(6-11(12)19)4-5-9-13(10)16-17-14(9)15(20)23-3/h6-7,19H,4-5H2,1-3H3,(H,16,17). The molecule has 0 atom stereocenters. The number of nitrogens with one attached hydrogen (secondary N) is 1. The number of fused-ring (bicyclic) bond motifs is 3. The lowest BCUT2D eigenvalue weighted by atomic mass is 9.89. The summed E-state index contributed by atoms with van der Waals surface area (Å²) in [7, 11) is 0.265. The molecule has 3 rings (SSSR count). The maximum absolute atomic E-state index is 12.4. The lowest BCUT2D eigenvalue weighted by molar-refractivity contribution is 0.0592. The molecule has 2 N–H and O–H groups in total. The van der Waals surface area contributed by atoms with Gasteiger partial charge in [0.1, 0.15) is 16.3 Å². The van der Waals surface area contributed by atoms with Gasteiger partial charge in [0.05, 0.1) is 12.8 Å². The Kier molecular flexibility index (Phi) is 3.84. The van der Waals surface area contributed by atoms with Crippen LogP contribution in [-0.4, -0.2) is 55.2 Å². The second-order valence-corrected chi connectivity index (χ2v) is 7.80. The minimum absolute atomic E-state index is 0.193. The molecule has 0 aliphatic heterocycles. The van der Waals surface area contributed by atoms with Gasteiger partial charge in [-0.05, 0) is 30.5 Å². The zero-order chi connectivity index (χ0) is 17.6. The summed E-state index contributed by atoms with van der Waals surface area (Å²) in [4.78, 5) is 11.6. The summed E-state index contributed by atoms with van der Waals surface area (Å²) in [6.07, 6.45) is 1.10. The number of aromatic amines is 1. The number of phenolic OH excluding ortho intramolecular Hbond substituents is 1. The van der Waals surface area contributed by atoms with Crippen molar-refractivity contribution >= 4 is 16.0 Å². The van der Waals surface area contributed by atoms with E-state index in [1.807, 2.05) is 0 Å². The number of hydrogen-bond donors (Lipinski definition) is 2. The van der Waals surface area contributed by atoms with E-state index < -0.39 is 16.0 Å². The number of carbonyl (C=O) groups excluding carboxylic acids is 1. The topological polar surface area (TPSA) is 113 Å². The number of ether oxygens (including phenoxy) is 1. The molecular weight excluding hydrogens is 334 g/mol. The van der Waals surface area contributed by atoms with Crippen LogP contribution < -0.4 is 0 Å². The van der Waals surface area contributed by atoms with E-state index >= 15 is 0 Å². The molecule has 9 heteroatoms. The fourth-order valence-electron chi connectivity index (χ4n) is 2.80. The van der Waals surface area contributed by atoms with E-state index in [1.165, 1.54) is 33.3 Å². The van der Waals surface area contributed by atoms with Crippen LogP contribution in [0.2, 0.25) is 0 Å². The summed E-state index contributed by atoms with van der Waals surface area (Å²) in [6, 6.07) is 2.85. The Bertz CT molecular complexity index is 931. The largest absolute Gasteiger partial charge is 0.507 e. The molecule has 1 aromatic carbocycles. The Balaban J connectivity index is 2.21. The first kappa shape index (κ1) is 16.5.